The molecule has 3 aromatic heterocycles. The van der Waals surface area contributed by atoms with E-state index in [1.807, 2.05) is 0 Å². The molecule has 0 unspecified atom stereocenters. The molecule has 3 heterocycles. The maximum Gasteiger partial charge on any atom is 0.433 e. The number of alkyl halides is 6. The summed E-state index contributed by atoms with van der Waals surface area (Å²) in [5, 5.41) is 3.74. The van der Waals surface area contributed by atoms with Crippen molar-refractivity contribution in [2.24, 2.45) is 0 Å². The number of fused-ring (bicyclic) bond motifs is 1. The third-order valence-electron chi connectivity index (χ3n) is 4.60. The lowest BCUT2D eigenvalue weighted by atomic mass is 10.0. The van der Waals surface area contributed by atoms with E-state index in [2.05, 4.69) is 31.9 Å². The molecule has 0 aliphatic rings. The second kappa shape index (κ2) is 7.77. The molecule has 0 saturated heterocycles. The van der Waals surface area contributed by atoms with Gasteiger partial charge in [-0.15, -0.1) is 0 Å². The summed E-state index contributed by atoms with van der Waals surface area (Å²) in [6.45, 7) is 1.22. The van der Waals surface area contributed by atoms with Crippen molar-refractivity contribution in [3.8, 4) is 23.1 Å². The largest absolute Gasteiger partial charge is 0.433 e. The van der Waals surface area contributed by atoms with Crippen LogP contribution in [-0.4, -0.2) is 24.6 Å². The van der Waals surface area contributed by atoms with Gasteiger partial charge < -0.3 is 5.73 Å². The first-order valence-electron chi connectivity index (χ1n) is 9.17. The Kier molecular flexibility index (Phi) is 5.20. The predicted octanol–water partition coefficient (Wildman–Crippen LogP) is 4.51. The van der Waals surface area contributed by atoms with E-state index >= 15 is 0 Å². The van der Waals surface area contributed by atoms with Crippen LogP contribution in [-0.2, 0) is 12.4 Å². The van der Waals surface area contributed by atoms with Crippen LogP contribution < -0.4 is 5.73 Å². The summed E-state index contributed by atoms with van der Waals surface area (Å²) < 4.78 is 80.9. The van der Waals surface area contributed by atoms with Crippen LogP contribution in [0.5, 0.6) is 0 Å². The fourth-order valence-electron chi connectivity index (χ4n) is 3.08. The van der Waals surface area contributed by atoms with Crippen LogP contribution in [0.4, 0.5) is 32.3 Å². The molecule has 0 bridgehead atoms. The minimum Gasteiger partial charge on any atom is -0.368 e. The normalized spacial score (nSPS) is 12.0. The number of nitrogen functional groups attached to an aromatic ring is 1. The number of hydrogen-bond donors (Lipinski definition) is 1. The summed E-state index contributed by atoms with van der Waals surface area (Å²) in [6, 6.07) is 3.74. The summed E-state index contributed by atoms with van der Waals surface area (Å²) in [4.78, 5) is 11.8. The maximum absolute atomic E-state index is 13.7. The molecular formula is C21H12F6N6. The molecule has 4 rings (SSSR count). The lowest BCUT2D eigenvalue weighted by Crippen LogP contribution is -2.14. The number of nitrogens with zero attached hydrogens (tertiary/aromatic N) is 5. The molecule has 2 N–H and O–H groups in total. The van der Waals surface area contributed by atoms with E-state index in [0.29, 0.717) is 10.1 Å². The molecule has 4 aromatic rings. The van der Waals surface area contributed by atoms with Crippen molar-refractivity contribution in [1.29, 1.82) is 0 Å². The van der Waals surface area contributed by atoms with Gasteiger partial charge in [-0.3, -0.25) is 0 Å². The van der Waals surface area contributed by atoms with Crippen LogP contribution in [0.1, 0.15) is 27.9 Å². The van der Waals surface area contributed by atoms with Gasteiger partial charge in [0, 0.05) is 18.0 Å². The zero-order chi connectivity index (χ0) is 24.0. The Morgan fingerprint density at radius 3 is 2.21 bits per heavy atom. The zero-order valence-corrected chi connectivity index (χ0v) is 16.6. The van der Waals surface area contributed by atoms with Gasteiger partial charge in [-0.2, -0.15) is 31.4 Å². The Morgan fingerprint density at radius 2 is 1.61 bits per heavy atom. The first kappa shape index (κ1) is 22.1. The molecule has 168 valence electrons. The number of halogens is 6. The highest BCUT2D eigenvalue weighted by atomic mass is 19.4. The number of aromatic nitrogens is 5. The first-order chi connectivity index (χ1) is 15.4. The molecule has 12 heteroatoms. The molecule has 0 saturated carbocycles. The number of hydrogen-bond acceptors (Lipinski definition) is 5. The monoisotopic (exact) mass is 462 g/mol. The molecule has 33 heavy (non-hydrogen) atoms. The summed E-state index contributed by atoms with van der Waals surface area (Å²) in [5.41, 5.74) is 3.35. The smallest absolute Gasteiger partial charge is 0.368 e. The van der Waals surface area contributed by atoms with Crippen LogP contribution in [0.2, 0.25) is 0 Å². The van der Waals surface area contributed by atoms with Gasteiger partial charge in [-0.25, -0.2) is 19.5 Å². The molecule has 1 aromatic carbocycles. The van der Waals surface area contributed by atoms with Crippen LogP contribution in [0.3, 0.4) is 0 Å². The van der Waals surface area contributed by atoms with Gasteiger partial charge in [-0.1, -0.05) is 17.9 Å². The Bertz CT molecular complexity index is 1410. The Hall–Kier alpha value is -4.14. The third-order valence-corrected chi connectivity index (χ3v) is 4.60. The van der Waals surface area contributed by atoms with E-state index in [4.69, 9.17) is 5.73 Å². The highest BCUT2D eigenvalue weighted by Gasteiger charge is 2.36. The molecule has 0 aliphatic heterocycles. The summed E-state index contributed by atoms with van der Waals surface area (Å²) in [5.74, 6) is 5.39. The third kappa shape index (κ3) is 4.43. The SMILES string of the molecule is Cc1cc(-c2cc(C(F)(F)F)n3ncc(C#Cc4cnc(N)nc4)c3n2)ccc1C(F)(F)F. The highest BCUT2D eigenvalue weighted by Crippen LogP contribution is 2.36. The van der Waals surface area contributed by atoms with Crippen molar-refractivity contribution < 1.29 is 26.3 Å². The molecule has 0 spiro atoms. The summed E-state index contributed by atoms with van der Waals surface area (Å²) in [6.07, 6.45) is -5.60. The van der Waals surface area contributed by atoms with Crippen molar-refractivity contribution in [3.05, 3.63) is 70.8 Å². The van der Waals surface area contributed by atoms with Crippen LogP contribution in [0.25, 0.3) is 16.9 Å². The quantitative estimate of drug-likeness (QED) is 0.333. The number of nitrogens with two attached hydrogens (primary N) is 1. The fraction of sp³-hybridized carbons (Fsp3) is 0.143. The van der Waals surface area contributed by atoms with E-state index < -0.39 is 23.6 Å². The van der Waals surface area contributed by atoms with Gasteiger partial charge in [0.2, 0.25) is 5.95 Å². The second-order valence-corrected chi connectivity index (χ2v) is 6.93. The molecule has 0 atom stereocenters. The lowest BCUT2D eigenvalue weighted by Gasteiger charge is -2.13. The Labute approximate surface area is 182 Å². The van der Waals surface area contributed by atoms with Gasteiger partial charge >= 0.3 is 12.4 Å². The molecule has 0 fully saturated rings. The standard InChI is InChI=1S/C21H12F6N6/c1-11-6-13(4-5-15(11)20(22,23)24)16-7-17(21(25,26)27)33-18(32-16)14(10-31-33)3-2-12-8-29-19(28)30-9-12/h4-10H,1H3,(H2,28,29,30). The Morgan fingerprint density at radius 1 is 0.909 bits per heavy atom. The van der Waals surface area contributed by atoms with Crippen molar-refractivity contribution in [3.63, 3.8) is 0 Å². The molecule has 0 amide bonds. The van der Waals surface area contributed by atoms with E-state index in [1.165, 1.54) is 19.3 Å². The number of aryl methyl sites for hydroxylation is 1. The average molecular weight is 462 g/mol. The van der Waals surface area contributed by atoms with Crippen LogP contribution >= 0.6 is 0 Å². The van der Waals surface area contributed by atoms with Crippen molar-refractivity contribution in [1.82, 2.24) is 24.6 Å². The Balaban J connectivity index is 1.88. The van der Waals surface area contributed by atoms with Crippen LogP contribution in [0, 0.1) is 18.8 Å². The van der Waals surface area contributed by atoms with Gasteiger partial charge in [0.25, 0.3) is 0 Å². The zero-order valence-electron chi connectivity index (χ0n) is 16.6. The predicted molar refractivity (Wildman–Crippen MR) is 106 cm³/mol. The second-order valence-electron chi connectivity index (χ2n) is 6.93. The minimum absolute atomic E-state index is 0.0319. The first-order valence-corrected chi connectivity index (χ1v) is 9.17. The molecule has 0 radical (unpaired) electrons. The van der Waals surface area contributed by atoms with Gasteiger partial charge in [0.15, 0.2) is 11.3 Å². The summed E-state index contributed by atoms with van der Waals surface area (Å²) in [7, 11) is 0. The maximum atomic E-state index is 13.7. The van der Waals surface area contributed by atoms with Crippen molar-refractivity contribution >= 4 is 11.6 Å². The fourth-order valence-corrected chi connectivity index (χ4v) is 3.08. The molecule has 6 nitrogen and oxygen atoms in total. The van der Waals surface area contributed by atoms with Gasteiger partial charge in [0.05, 0.1) is 28.6 Å². The van der Waals surface area contributed by atoms with E-state index in [9.17, 15) is 26.3 Å². The number of anilines is 1. The van der Waals surface area contributed by atoms with Crippen molar-refractivity contribution in [2.75, 3.05) is 5.73 Å². The number of benzene rings is 1. The highest BCUT2D eigenvalue weighted by molar-refractivity contribution is 5.67. The van der Waals surface area contributed by atoms with E-state index in [-0.39, 0.29) is 34.0 Å². The van der Waals surface area contributed by atoms with Gasteiger partial charge in [0.1, 0.15) is 0 Å². The van der Waals surface area contributed by atoms with Crippen molar-refractivity contribution in [2.45, 2.75) is 19.3 Å². The van der Waals surface area contributed by atoms with E-state index in [1.54, 1.807) is 0 Å². The lowest BCUT2D eigenvalue weighted by molar-refractivity contribution is -0.142. The van der Waals surface area contributed by atoms with Crippen LogP contribution in [0.15, 0.2) is 42.9 Å². The minimum atomic E-state index is -4.81. The van der Waals surface area contributed by atoms with E-state index in [0.717, 1.165) is 30.5 Å². The number of rotatable bonds is 1. The molecule has 0 aliphatic carbocycles. The van der Waals surface area contributed by atoms with Gasteiger partial charge in [-0.05, 0) is 30.7 Å². The topological polar surface area (TPSA) is 82.0 Å². The summed E-state index contributed by atoms with van der Waals surface area (Å²) >= 11 is 0. The molecular weight excluding hydrogens is 450 g/mol. The average Bonchev–Trinajstić information content (AvgIpc) is 3.14.